The third kappa shape index (κ3) is 1.84. The molecule has 0 aliphatic rings. The van der Waals surface area contributed by atoms with Crippen LogP contribution in [-0.4, -0.2) is 9.97 Å². The number of imidazole rings is 1. The van der Waals surface area contributed by atoms with Crippen molar-refractivity contribution in [2.45, 2.75) is 0 Å². The lowest BCUT2D eigenvalue weighted by molar-refractivity contribution is 1.35. The Balaban J connectivity index is 1.82. The van der Waals surface area contributed by atoms with Crippen LogP contribution in [0, 0.1) is 0 Å². The van der Waals surface area contributed by atoms with Crippen LogP contribution < -0.4 is 0 Å². The van der Waals surface area contributed by atoms with E-state index in [1.165, 1.54) is 43.4 Å². The summed E-state index contributed by atoms with van der Waals surface area (Å²) < 4.78 is 1.10. The van der Waals surface area contributed by atoms with E-state index in [1.54, 1.807) is 6.33 Å². The van der Waals surface area contributed by atoms with E-state index in [1.807, 2.05) is 0 Å². The Labute approximate surface area is 157 Å². The summed E-state index contributed by atoms with van der Waals surface area (Å²) in [6, 6.07) is 24.1. The van der Waals surface area contributed by atoms with Crippen molar-refractivity contribution in [1.29, 1.82) is 0 Å². The highest BCUT2D eigenvalue weighted by atomic mass is 79.9. The van der Waals surface area contributed by atoms with Crippen LogP contribution in [0.4, 0.5) is 0 Å². The average molecular weight is 397 g/mol. The summed E-state index contributed by atoms with van der Waals surface area (Å²) in [7, 11) is 0. The molecule has 1 heterocycles. The largest absolute Gasteiger partial charge is 0.345 e. The first kappa shape index (κ1) is 14.3. The molecule has 1 aromatic heterocycles. The zero-order chi connectivity index (χ0) is 17.3. The predicted molar refractivity (Wildman–Crippen MR) is 113 cm³/mol. The first-order valence-electron chi connectivity index (χ1n) is 8.59. The molecule has 0 aliphatic carbocycles. The quantitative estimate of drug-likeness (QED) is 0.301. The monoisotopic (exact) mass is 396 g/mol. The molecular weight excluding hydrogens is 384 g/mol. The van der Waals surface area contributed by atoms with Crippen molar-refractivity contribution in [3.63, 3.8) is 0 Å². The van der Waals surface area contributed by atoms with Gasteiger partial charge < -0.3 is 4.98 Å². The van der Waals surface area contributed by atoms with Gasteiger partial charge in [-0.05, 0) is 56.3 Å². The molecule has 0 fully saturated rings. The molecule has 6 rings (SSSR count). The highest BCUT2D eigenvalue weighted by Gasteiger charge is 2.14. The highest BCUT2D eigenvalue weighted by molar-refractivity contribution is 9.10. The third-order valence-corrected chi connectivity index (χ3v) is 5.85. The number of rotatable bonds is 1. The van der Waals surface area contributed by atoms with Gasteiger partial charge in [0.1, 0.15) is 0 Å². The molecule has 0 bridgehead atoms. The third-order valence-electron chi connectivity index (χ3n) is 5.32. The number of halogens is 1. The fourth-order valence-corrected chi connectivity index (χ4v) is 4.42. The van der Waals surface area contributed by atoms with Gasteiger partial charge in [-0.25, -0.2) is 4.98 Å². The molecule has 3 heteroatoms. The molecule has 122 valence electrons. The van der Waals surface area contributed by atoms with Gasteiger partial charge in [-0.3, -0.25) is 0 Å². The first-order valence-corrected chi connectivity index (χ1v) is 9.38. The Kier molecular flexibility index (Phi) is 2.78. The fraction of sp³-hybridized carbons (Fsp3) is 0. The van der Waals surface area contributed by atoms with Gasteiger partial charge in [0.15, 0.2) is 0 Å². The van der Waals surface area contributed by atoms with Gasteiger partial charge in [0.05, 0.1) is 17.4 Å². The van der Waals surface area contributed by atoms with E-state index in [2.05, 4.69) is 92.6 Å². The molecular formula is C23H13BrN2. The second-order valence-corrected chi connectivity index (χ2v) is 7.63. The van der Waals surface area contributed by atoms with Crippen LogP contribution in [-0.2, 0) is 0 Å². The molecule has 0 amide bonds. The number of nitrogens with one attached hydrogen (secondary N) is 1. The van der Waals surface area contributed by atoms with Gasteiger partial charge in [-0.1, -0.05) is 64.5 Å². The van der Waals surface area contributed by atoms with Gasteiger partial charge >= 0.3 is 0 Å². The van der Waals surface area contributed by atoms with Gasteiger partial charge in [0, 0.05) is 9.86 Å². The number of fused-ring (bicyclic) bond motifs is 2. The SMILES string of the molecule is Brc1ccc(-c2ccc3ccc4cc5[nH]cnc5c5ccc2c3c45)cc1. The first-order chi connectivity index (χ1) is 12.8. The fourth-order valence-electron chi connectivity index (χ4n) is 4.16. The number of aromatic amines is 1. The van der Waals surface area contributed by atoms with E-state index < -0.39 is 0 Å². The van der Waals surface area contributed by atoms with Gasteiger partial charge in [-0.15, -0.1) is 0 Å². The summed E-state index contributed by atoms with van der Waals surface area (Å²) in [4.78, 5) is 7.80. The van der Waals surface area contributed by atoms with E-state index in [0.717, 1.165) is 15.5 Å². The van der Waals surface area contributed by atoms with Crippen LogP contribution in [0.2, 0.25) is 0 Å². The minimum Gasteiger partial charge on any atom is -0.345 e. The van der Waals surface area contributed by atoms with Crippen molar-refractivity contribution in [3.05, 3.63) is 77.5 Å². The molecule has 0 saturated heterocycles. The van der Waals surface area contributed by atoms with Crippen molar-refractivity contribution in [2.24, 2.45) is 0 Å². The minimum absolute atomic E-state index is 1.04. The second kappa shape index (κ2) is 5.05. The van der Waals surface area contributed by atoms with Crippen LogP contribution >= 0.6 is 15.9 Å². The van der Waals surface area contributed by atoms with E-state index in [9.17, 15) is 0 Å². The molecule has 0 aliphatic heterocycles. The molecule has 26 heavy (non-hydrogen) atoms. The average Bonchev–Trinajstić information content (AvgIpc) is 3.15. The maximum atomic E-state index is 4.55. The lowest BCUT2D eigenvalue weighted by atomic mass is 9.89. The number of aromatic nitrogens is 2. The van der Waals surface area contributed by atoms with Crippen molar-refractivity contribution in [1.82, 2.24) is 9.97 Å². The van der Waals surface area contributed by atoms with Crippen LogP contribution in [0.25, 0.3) is 54.5 Å². The molecule has 5 aromatic carbocycles. The molecule has 0 unspecified atom stereocenters. The Bertz CT molecular complexity index is 1430. The van der Waals surface area contributed by atoms with Crippen molar-refractivity contribution in [3.8, 4) is 11.1 Å². The maximum Gasteiger partial charge on any atom is 0.0961 e. The summed E-state index contributed by atoms with van der Waals surface area (Å²) >= 11 is 3.53. The van der Waals surface area contributed by atoms with Gasteiger partial charge in [0.25, 0.3) is 0 Å². The Morgan fingerprint density at radius 1 is 0.731 bits per heavy atom. The number of hydrogen-bond donors (Lipinski definition) is 1. The molecule has 1 N–H and O–H groups in total. The lowest BCUT2D eigenvalue weighted by Gasteiger charge is -2.14. The lowest BCUT2D eigenvalue weighted by Crippen LogP contribution is -1.88. The van der Waals surface area contributed by atoms with E-state index in [4.69, 9.17) is 0 Å². The number of nitrogens with zero attached hydrogens (tertiary/aromatic N) is 1. The van der Waals surface area contributed by atoms with Crippen LogP contribution in [0.15, 0.2) is 77.5 Å². The molecule has 0 radical (unpaired) electrons. The van der Waals surface area contributed by atoms with E-state index in [-0.39, 0.29) is 0 Å². The van der Waals surface area contributed by atoms with Crippen molar-refractivity contribution < 1.29 is 0 Å². The van der Waals surface area contributed by atoms with Gasteiger partial charge in [0.2, 0.25) is 0 Å². The summed E-state index contributed by atoms with van der Waals surface area (Å²) in [6.45, 7) is 0. The summed E-state index contributed by atoms with van der Waals surface area (Å²) in [5.41, 5.74) is 4.63. The maximum absolute atomic E-state index is 4.55. The summed E-state index contributed by atoms with van der Waals surface area (Å²) in [5.74, 6) is 0. The van der Waals surface area contributed by atoms with Gasteiger partial charge in [-0.2, -0.15) is 0 Å². The van der Waals surface area contributed by atoms with Crippen LogP contribution in [0.3, 0.4) is 0 Å². The molecule has 0 saturated carbocycles. The van der Waals surface area contributed by atoms with Crippen LogP contribution in [0.1, 0.15) is 0 Å². The van der Waals surface area contributed by atoms with Crippen molar-refractivity contribution in [2.75, 3.05) is 0 Å². The predicted octanol–water partition coefficient (Wildman–Crippen LogP) is 6.89. The summed E-state index contributed by atoms with van der Waals surface area (Å²) in [5, 5.41) is 7.66. The standard InChI is InChI=1S/C23H13BrN2/c24-16-6-3-13(4-7-16)17-8-5-14-1-2-15-11-20-23(26-12-25-20)19-10-9-18(17)21(14)22(15)19/h1-12H,(H,25,26). The smallest absolute Gasteiger partial charge is 0.0961 e. The van der Waals surface area contributed by atoms with E-state index >= 15 is 0 Å². The zero-order valence-corrected chi connectivity index (χ0v) is 15.3. The second-order valence-electron chi connectivity index (χ2n) is 6.72. The minimum atomic E-state index is 1.04. The Morgan fingerprint density at radius 2 is 1.46 bits per heavy atom. The molecule has 6 aromatic rings. The number of H-pyrrole nitrogens is 1. The molecule has 0 spiro atoms. The van der Waals surface area contributed by atoms with Crippen LogP contribution in [0.5, 0.6) is 0 Å². The Morgan fingerprint density at radius 3 is 2.35 bits per heavy atom. The van der Waals surface area contributed by atoms with Crippen molar-refractivity contribution >= 4 is 59.3 Å². The highest BCUT2D eigenvalue weighted by Crippen LogP contribution is 2.41. The number of hydrogen-bond acceptors (Lipinski definition) is 1. The molecule has 0 atom stereocenters. The topological polar surface area (TPSA) is 28.7 Å². The van der Waals surface area contributed by atoms with E-state index in [0.29, 0.717) is 0 Å². The summed E-state index contributed by atoms with van der Waals surface area (Å²) in [6.07, 6.45) is 1.78. The normalized spacial score (nSPS) is 12.0. The Hall–Kier alpha value is -2.91. The molecule has 2 nitrogen and oxygen atoms in total. The zero-order valence-electron chi connectivity index (χ0n) is 13.8. The number of benzene rings is 5.